The Hall–Kier alpha value is -1.31. The van der Waals surface area contributed by atoms with Gasteiger partial charge in [-0.1, -0.05) is 6.92 Å². The molecule has 100 valence electrons. The molecular weight excluding hydrogens is 241 g/mol. The average molecular weight is 256 g/mol. The Balaban J connectivity index is 4.80. The van der Waals surface area contributed by atoms with Crippen LogP contribution < -0.4 is 11.1 Å². The van der Waals surface area contributed by atoms with Crippen molar-refractivity contribution in [1.29, 1.82) is 0 Å². The maximum absolute atomic E-state index is 12.5. The van der Waals surface area contributed by atoms with E-state index in [2.05, 4.69) is 0 Å². The molecule has 1 amide bonds. The molecule has 0 aromatic rings. The zero-order valence-electron chi connectivity index (χ0n) is 9.47. The number of carbonyl (C=O) groups excluding carboxylic acids is 1. The lowest BCUT2D eigenvalue weighted by molar-refractivity contribution is -0.207. The first-order valence-electron chi connectivity index (χ1n) is 4.91. The number of nitrogens with one attached hydrogen (secondary N) is 1. The van der Waals surface area contributed by atoms with Crippen LogP contribution in [0.1, 0.15) is 26.7 Å². The maximum atomic E-state index is 12.5. The van der Waals surface area contributed by atoms with Crippen LogP contribution in [0.15, 0.2) is 0 Å². The van der Waals surface area contributed by atoms with Crippen molar-refractivity contribution in [2.45, 2.75) is 44.4 Å². The molecule has 0 saturated heterocycles. The van der Waals surface area contributed by atoms with Crippen molar-refractivity contribution in [3.8, 4) is 0 Å². The lowest BCUT2D eigenvalue weighted by Crippen LogP contribution is -2.62. The van der Waals surface area contributed by atoms with E-state index in [9.17, 15) is 22.8 Å². The Morgan fingerprint density at radius 1 is 1.41 bits per heavy atom. The molecule has 17 heavy (non-hydrogen) atoms. The third kappa shape index (κ3) is 3.88. The second-order valence-corrected chi connectivity index (χ2v) is 3.85. The molecule has 0 radical (unpaired) electrons. The highest BCUT2D eigenvalue weighted by atomic mass is 19.4. The van der Waals surface area contributed by atoms with E-state index < -0.39 is 29.6 Å². The molecule has 4 N–H and O–H groups in total. The van der Waals surface area contributed by atoms with Crippen molar-refractivity contribution in [2.24, 2.45) is 5.73 Å². The number of amides is 1. The lowest BCUT2D eigenvalue weighted by Gasteiger charge is -2.28. The summed E-state index contributed by atoms with van der Waals surface area (Å²) in [6, 6.07) is -0.596. The van der Waals surface area contributed by atoms with Crippen LogP contribution in [0, 0.1) is 0 Å². The summed E-state index contributed by atoms with van der Waals surface area (Å²) in [7, 11) is 0. The van der Waals surface area contributed by atoms with Crippen molar-refractivity contribution in [2.75, 3.05) is 0 Å². The summed E-state index contributed by atoms with van der Waals surface area (Å²) in [5.41, 5.74) is 2.09. The van der Waals surface area contributed by atoms with Gasteiger partial charge < -0.3 is 16.2 Å². The normalized spacial score (nSPS) is 17.1. The van der Waals surface area contributed by atoms with Gasteiger partial charge in [-0.25, -0.2) is 4.79 Å². The number of hydrogen-bond donors (Lipinski definition) is 3. The number of rotatable bonds is 5. The van der Waals surface area contributed by atoms with Gasteiger partial charge in [0, 0.05) is 12.5 Å². The van der Waals surface area contributed by atoms with Crippen LogP contribution in [0.25, 0.3) is 0 Å². The molecule has 8 heteroatoms. The van der Waals surface area contributed by atoms with E-state index in [4.69, 9.17) is 10.8 Å². The largest absolute Gasteiger partial charge is 0.479 e. The third-order valence-electron chi connectivity index (χ3n) is 2.36. The number of alkyl halides is 3. The fourth-order valence-electron chi connectivity index (χ4n) is 0.958. The third-order valence-corrected chi connectivity index (χ3v) is 2.36. The molecule has 0 aromatic carbocycles. The predicted octanol–water partition coefficient (Wildman–Crippen LogP) is 0.636. The zero-order chi connectivity index (χ0) is 13.9. The minimum Gasteiger partial charge on any atom is -0.479 e. The van der Waals surface area contributed by atoms with Crippen LogP contribution in [-0.4, -0.2) is 34.7 Å². The number of aliphatic carboxylic acids is 1. The van der Waals surface area contributed by atoms with Crippen LogP contribution in [0.2, 0.25) is 0 Å². The van der Waals surface area contributed by atoms with Gasteiger partial charge in [-0.2, -0.15) is 13.2 Å². The van der Waals surface area contributed by atoms with Gasteiger partial charge in [-0.3, -0.25) is 4.79 Å². The van der Waals surface area contributed by atoms with Crippen molar-refractivity contribution in [3.63, 3.8) is 0 Å². The topological polar surface area (TPSA) is 92.4 Å². The van der Waals surface area contributed by atoms with E-state index in [0.717, 1.165) is 0 Å². The summed E-state index contributed by atoms with van der Waals surface area (Å²) in [6.07, 6.45) is -5.02. The Kier molecular flexibility index (Phi) is 4.94. The van der Waals surface area contributed by atoms with Crippen LogP contribution in [0.3, 0.4) is 0 Å². The smallest absolute Gasteiger partial charge is 0.422 e. The molecule has 0 aliphatic rings. The van der Waals surface area contributed by atoms with Gasteiger partial charge in [-0.15, -0.1) is 0 Å². The molecule has 2 unspecified atom stereocenters. The van der Waals surface area contributed by atoms with Crippen molar-refractivity contribution < 1.29 is 27.9 Å². The van der Waals surface area contributed by atoms with Crippen molar-refractivity contribution in [3.05, 3.63) is 0 Å². The van der Waals surface area contributed by atoms with Gasteiger partial charge in [0.05, 0.1) is 0 Å². The standard InChI is InChI=1S/C9H15F3N2O3/c1-3-5(13)4-6(15)14-8(2,7(16)17)9(10,11)12/h5H,3-4,13H2,1-2H3,(H,14,15)(H,16,17). The Bertz CT molecular complexity index is 306. The predicted molar refractivity (Wildman–Crippen MR) is 53.1 cm³/mol. The summed E-state index contributed by atoms with van der Waals surface area (Å²) in [5.74, 6) is -3.20. The second-order valence-electron chi connectivity index (χ2n) is 3.85. The highest BCUT2D eigenvalue weighted by Crippen LogP contribution is 2.30. The Morgan fingerprint density at radius 2 is 1.88 bits per heavy atom. The molecular formula is C9H15F3N2O3. The van der Waals surface area contributed by atoms with Gasteiger partial charge in [0.2, 0.25) is 11.4 Å². The van der Waals surface area contributed by atoms with Gasteiger partial charge in [-0.05, 0) is 13.3 Å². The van der Waals surface area contributed by atoms with E-state index >= 15 is 0 Å². The fraction of sp³-hybridized carbons (Fsp3) is 0.778. The number of halogens is 3. The summed E-state index contributed by atoms with van der Waals surface area (Å²) >= 11 is 0. The van der Waals surface area contributed by atoms with E-state index in [-0.39, 0.29) is 6.42 Å². The molecule has 0 aliphatic heterocycles. The van der Waals surface area contributed by atoms with Crippen LogP contribution >= 0.6 is 0 Å². The van der Waals surface area contributed by atoms with Gasteiger partial charge in [0.25, 0.3) is 0 Å². The zero-order valence-corrected chi connectivity index (χ0v) is 9.47. The average Bonchev–Trinajstić information content (AvgIpc) is 2.14. The minimum absolute atomic E-state index is 0.352. The van der Waals surface area contributed by atoms with Crippen LogP contribution in [0.5, 0.6) is 0 Å². The molecule has 0 aliphatic carbocycles. The van der Waals surface area contributed by atoms with Crippen LogP contribution in [0.4, 0.5) is 13.2 Å². The second kappa shape index (κ2) is 5.35. The summed E-state index contributed by atoms with van der Waals surface area (Å²) in [6.45, 7) is 2.06. The molecule has 0 spiro atoms. The van der Waals surface area contributed by atoms with E-state index in [0.29, 0.717) is 13.3 Å². The molecule has 0 saturated carbocycles. The first-order chi connectivity index (χ1) is 7.54. The number of hydrogen-bond acceptors (Lipinski definition) is 3. The molecule has 0 heterocycles. The van der Waals surface area contributed by atoms with E-state index in [1.165, 1.54) is 5.32 Å². The van der Waals surface area contributed by atoms with E-state index in [1.54, 1.807) is 6.92 Å². The molecule has 0 aromatic heterocycles. The van der Waals surface area contributed by atoms with Gasteiger partial charge in [0.15, 0.2) is 0 Å². The monoisotopic (exact) mass is 256 g/mol. The SMILES string of the molecule is CCC(N)CC(=O)NC(C)(C(=O)O)C(F)(F)F. The Morgan fingerprint density at radius 3 is 2.18 bits per heavy atom. The Labute approximate surface area is 96.2 Å². The summed E-state index contributed by atoms with van der Waals surface area (Å²) < 4.78 is 37.5. The maximum Gasteiger partial charge on any atom is 0.422 e. The molecule has 2 atom stereocenters. The molecule has 0 rings (SSSR count). The summed E-state index contributed by atoms with van der Waals surface area (Å²) in [4.78, 5) is 21.8. The first kappa shape index (κ1) is 15.7. The number of nitrogens with two attached hydrogens (primary N) is 1. The lowest BCUT2D eigenvalue weighted by atomic mass is 10.0. The quantitative estimate of drug-likeness (QED) is 0.672. The molecule has 0 bridgehead atoms. The van der Waals surface area contributed by atoms with Gasteiger partial charge in [0.1, 0.15) is 0 Å². The fourth-order valence-corrected chi connectivity index (χ4v) is 0.958. The number of carboxylic acid groups (broad SMARTS) is 1. The molecule has 0 fully saturated rings. The number of carbonyl (C=O) groups is 2. The van der Waals surface area contributed by atoms with Crippen molar-refractivity contribution >= 4 is 11.9 Å². The first-order valence-corrected chi connectivity index (χ1v) is 4.91. The number of carboxylic acids is 1. The molecule has 5 nitrogen and oxygen atoms in total. The highest BCUT2D eigenvalue weighted by molar-refractivity contribution is 5.87. The van der Waals surface area contributed by atoms with Gasteiger partial charge >= 0.3 is 12.1 Å². The highest BCUT2D eigenvalue weighted by Gasteiger charge is 2.58. The van der Waals surface area contributed by atoms with E-state index in [1.807, 2.05) is 0 Å². The van der Waals surface area contributed by atoms with Crippen LogP contribution in [-0.2, 0) is 9.59 Å². The summed E-state index contributed by atoms with van der Waals surface area (Å²) in [5, 5.41) is 10.00. The van der Waals surface area contributed by atoms with Crippen molar-refractivity contribution in [1.82, 2.24) is 5.32 Å². The minimum atomic E-state index is -5.08.